The van der Waals surface area contributed by atoms with E-state index in [4.69, 9.17) is 24.6 Å². The van der Waals surface area contributed by atoms with Gasteiger partial charge >= 0.3 is 0 Å². The molecular weight excluding hydrogens is 761 g/mol. The van der Waals surface area contributed by atoms with Crippen molar-refractivity contribution in [3.05, 3.63) is 211 Å². The minimum absolute atomic E-state index is 0.333. The summed E-state index contributed by atoms with van der Waals surface area (Å²) < 4.78 is 15.5. The fraction of sp³-hybridized carbons (Fsp3) is 0.0357. The van der Waals surface area contributed by atoms with Crippen molar-refractivity contribution in [2.24, 2.45) is 15.7 Å². The SMILES string of the molecule is CC(/N=C(\N=C(/N)c1ccc2c(c1)oc1ccccc12)c1cccc(-c2ccccc2)c1)c1c(-n2c3ccccc3c3cc4ccccc4cc32)ccc2c1oc1ccccc12. The van der Waals surface area contributed by atoms with E-state index in [2.05, 4.69) is 157 Å². The van der Waals surface area contributed by atoms with E-state index in [1.165, 1.54) is 21.5 Å². The highest BCUT2D eigenvalue weighted by Gasteiger charge is 2.24. The van der Waals surface area contributed by atoms with Crippen LogP contribution in [0, 0.1) is 0 Å². The monoisotopic (exact) mass is 798 g/mol. The van der Waals surface area contributed by atoms with Crippen LogP contribution in [0.2, 0.25) is 0 Å². The molecule has 0 spiro atoms. The van der Waals surface area contributed by atoms with E-state index < -0.39 is 6.04 Å². The molecule has 0 radical (unpaired) electrons. The van der Waals surface area contributed by atoms with E-state index in [0.717, 1.165) is 88.4 Å². The van der Waals surface area contributed by atoms with Gasteiger partial charge in [0.25, 0.3) is 0 Å². The molecule has 0 bridgehead atoms. The third-order valence-electron chi connectivity index (χ3n) is 12.2. The molecule has 6 heteroatoms. The van der Waals surface area contributed by atoms with Gasteiger partial charge in [0.1, 0.15) is 28.2 Å². The van der Waals surface area contributed by atoms with Gasteiger partial charge in [-0.25, -0.2) is 4.99 Å². The molecule has 9 aromatic carbocycles. The fourth-order valence-electron chi connectivity index (χ4n) is 9.26. The summed E-state index contributed by atoms with van der Waals surface area (Å²) in [6, 6.07) is 66.8. The van der Waals surface area contributed by atoms with Crippen molar-refractivity contribution in [2.75, 3.05) is 0 Å². The molecule has 62 heavy (non-hydrogen) atoms. The lowest BCUT2D eigenvalue weighted by atomic mass is 10.0. The molecule has 1 atom stereocenters. The molecular formula is C56H38N4O2. The first-order chi connectivity index (χ1) is 30.6. The molecule has 12 rings (SSSR count). The summed E-state index contributed by atoms with van der Waals surface area (Å²) in [5.74, 6) is 0.838. The average molecular weight is 799 g/mol. The number of nitrogens with two attached hydrogens (primary N) is 1. The van der Waals surface area contributed by atoms with Gasteiger partial charge in [0.15, 0.2) is 5.84 Å². The molecule has 12 aromatic rings. The topological polar surface area (TPSA) is 82.0 Å². The molecule has 2 N–H and O–H groups in total. The molecule has 0 saturated carbocycles. The van der Waals surface area contributed by atoms with E-state index in [-0.39, 0.29) is 0 Å². The van der Waals surface area contributed by atoms with Crippen molar-refractivity contribution < 1.29 is 8.83 Å². The molecule has 3 aromatic heterocycles. The van der Waals surface area contributed by atoms with Gasteiger partial charge in [-0.05, 0) is 89.5 Å². The summed E-state index contributed by atoms with van der Waals surface area (Å²) in [6.45, 7) is 2.13. The van der Waals surface area contributed by atoms with Gasteiger partial charge < -0.3 is 19.1 Å². The quantitative estimate of drug-likeness (QED) is 0.134. The van der Waals surface area contributed by atoms with Crippen LogP contribution < -0.4 is 5.73 Å². The maximum absolute atomic E-state index is 7.01. The summed E-state index contributed by atoms with van der Waals surface area (Å²) in [4.78, 5) is 10.8. The second-order valence-corrected chi connectivity index (χ2v) is 15.9. The van der Waals surface area contributed by atoms with Gasteiger partial charge in [0, 0.05) is 49.0 Å². The lowest BCUT2D eigenvalue weighted by Crippen LogP contribution is -2.17. The van der Waals surface area contributed by atoms with Crippen molar-refractivity contribution in [3.8, 4) is 16.8 Å². The molecule has 3 heterocycles. The van der Waals surface area contributed by atoms with Gasteiger partial charge in [-0.3, -0.25) is 4.99 Å². The summed E-state index contributed by atoms with van der Waals surface area (Å²) in [5.41, 5.74) is 18.1. The number of furan rings is 2. The number of aliphatic imine (C=N–C) groups is 2. The van der Waals surface area contributed by atoms with E-state index in [1.54, 1.807) is 0 Å². The first kappa shape index (κ1) is 35.7. The molecule has 0 saturated heterocycles. The Morgan fingerprint density at radius 2 is 1.13 bits per heavy atom. The zero-order valence-electron chi connectivity index (χ0n) is 33.8. The zero-order chi connectivity index (χ0) is 41.3. The van der Waals surface area contributed by atoms with E-state index in [1.807, 2.05) is 48.5 Å². The van der Waals surface area contributed by atoms with Crippen LogP contribution in [-0.2, 0) is 0 Å². The number of hydrogen-bond acceptors (Lipinski definition) is 3. The van der Waals surface area contributed by atoms with Gasteiger partial charge in [-0.1, -0.05) is 133 Å². The highest BCUT2D eigenvalue weighted by molar-refractivity contribution is 6.16. The van der Waals surface area contributed by atoms with Crippen molar-refractivity contribution in [3.63, 3.8) is 0 Å². The summed E-state index contributed by atoms with van der Waals surface area (Å²) in [6.07, 6.45) is 0. The predicted octanol–water partition coefficient (Wildman–Crippen LogP) is 14.3. The Labute approximate surface area is 356 Å². The number of fused-ring (bicyclic) bond motifs is 10. The van der Waals surface area contributed by atoms with E-state index in [9.17, 15) is 0 Å². The Bertz CT molecular complexity index is 3790. The lowest BCUT2D eigenvalue weighted by molar-refractivity contribution is 0.653. The van der Waals surface area contributed by atoms with Crippen molar-refractivity contribution in [1.82, 2.24) is 4.57 Å². The van der Waals surface area contributed by atoms with Crippen molar-refractivity contribution in [1.29, 1.82) is 0 Å². The van der Waals surface area contributed by atoms with Gasteiger partial charge in [-0.15, -0.1) is 0 Å². The summed E-state index contributed by atoms with van der Waals surface area (Å²) in [5, 5.41) is 8.91. The van der Waals surface area contributed by atoms with Gasteiger partial charge in [0.2, 0.25) is 0 Å². The van der Waals surface area contributed by atoms with Crippen LogP contribution in [-0.4, -0.2) is 16.2 Å². The third-order valence-corrected chi connectivity index (χ3v) is 12.2. The normalized spacial score (nSPS) is 13.1. The Morgan fingerprint density at radius 3 is 1.95 bits per heavy atom. The minimum Gasteiger partial charge on any atom is -0.456 e. The molecule has 0 aliphatic rings. The number of rotatable bonds is 6. The number of aromatic nitrogens is 1. The Balaban J connectivity index is 1.10. The molecule has 1 unspecified atom stereocenters. The number of para-hydroxylation sites is 3. The zero-order valence-corrected chi connectivity index (χ0v) is 33.8. The van der Waals surface area contributed by atoms with Gasteiger partial charge in [-0.2, -0.15) is 0 Å². The van der Waals surface area contributed by atoms with E-state index >= 15 is 0 Å². The van der Waals surface area contributed by atoms with Crippen LogP contribution in [0.4, 0.5) is 0 Å². The molecule has 6 nitrogen and oxygen atoms in total. The summed E-state index contributed by atoms with van der Waals surface area (Å²) >= 11 is 0. The largest absolute Gasteiger partial charge is 0.456 e. The lowest BCUT2D eigenvalue weighted by Gasteiger charge is -2.18. The smallest absolute Gasteiger partial charge is 0.157 e. The highest BCUT2D eigenvalue weighted by atomic mass is 16.3. The van der Waals surface area contributed by atoms with Crippen molar-refractivity contribution in [2.45, 2.75) is 13.0 Å². The molecule has 0 aliphatic carbocycles. The molecule has 0 amide bonds. The summed E-state index contributed by atoms with van der Waals surface area (Å²) in [7, 11) is 0. The predicted molar refractivity (Wildman–Crippen MR) is 257 cm³/mol. The molecule has 294 valence electrons. The number of amidine groups is 2. The first-order valence-electron chi connectivity index (χ1n) is 20.9. The third kappa shape index (κ3) is 5.80. The number of hydrogen-bond donors (Lipinski definition) is 1. The number of benzene rings is 9. The molecule has 0 aliphatic heterocycles. The maximum Gasteiger partial charge on any atom is 0.157 e. The second kappa shape index (κ2) is 14.2. The van der Waals surface area contributed by atoms with Gasteiger partial charge in [0.05, 0.1) is 22.8 Å². The Kier molecular flexibility index (Phi) is 8.18. The van der Waals surface area contributed by atoms with Crippen LogP contribution >= 0.6 is 0 Å². The second-order valence-electron chi connectivity index (χ2n) is 15.9. The van der Waals surface area contributed by atoms with Crippen molar-refractivity contribution >= 4 is 88.1 Å². The van der Waals surface area contributed by atoms with Crippen LogP contribution in [0.3, 0.4) is 0 Å². The highest BCUT2D eigenvalue weighted by Crippen LogP contribution is 2.42. The van der Waals surface area contributed by atoms with Crippen LogP contribution in [0.1, 0.15) is 29.7 Å². The first-order valence-corrected chi connectivity index (χ1v) is 20.9. The maximum atomic E-state index is 7.01. The average Bonchev–Trinajstić information content (AvgIpc) is 3.99. The van der Waals surface area contributed by atoms with Crippen LogP contribution in [0.15, 0.2) is 213 Å². The molecule has 0 fully saturated rings. The minimum atomic E-state index is -0.448. The van der Waals surface area contributed by atoms with Crippen LogP contribution in [0.5, 0.6) is 0 Å². The van der Waals surface area contributed by atoms with E-state index in [0.29, 0.717) is 11.7 Å². The number of nitrogens with zero attached hydrogens (tertiary/aromatic N) is 3. The fourth-order valence-corrected chi connectivity index (χ4v) is 9.26. The Morgan fingerprint density at radius 1 is 0.484 bits per heavy atom. The standard InChI is InChI=1S/C56H38N4O2/c1-34(58-56(40-19-13-18-36(30-40)35-14-3-2-4-15-35)59-55(57)39-26-27-44-42-21-8-11-24-50(42)61-52(44)33-39)53-48(29-28-45-43-22-9-12-25-51(43)62-54(45)53)60-47-23-10-7-20-41(47)46-31-37-16-5-6-17-38(37)32-49(46)60/h2-34H,1H3,(H2,57,58,59). The Hall–Kier alpha value is -8.22. The van der Waals surface area contributed by atoms with Crippen LogP contribution in [0.25, 0.3) is 93.3 Å².